The van der Waals surface area contributed by atoms with Crippen LogP contribution in [-0.2, 0) is 32.2 Å². The molecule has 30 heavy (non-hydrogen) atoms. The van der Waals surface area contributed by atoms with Crippen molar-refractivity contribution in [2.75, 3.05) is 7.11 Å². The number of aromatic amines is 1. The van der Waals surface area contributed by atoms with Crippen molar-refractivity contribution >= 4 is 49.9 Å². The molecule has 1 aromatic heterocycles. The molecule has 1 N–H and O–H groups in total. The van der Waals surface area contributed by atoms with E-state index in [9.17, 15) is 13.2 Å². The Morgan fingerprint density at radius 2 is 1.93 bits per heavy atom. The molecular formula is C22H21Cl2NO4S. The Balaban J connectivity index is 1.82. The molecule has 2 atom stereocenters. The number of aryl methyl sites for hydroxylation is 1. The monoisotopic (exact) mass is 465 g/mol. The number of ether oxygens (including phenoxy) is 1. The molecule has 5 nitrogen and oxygen atoms in total. The van der Waals surface area contributed by atoms with E-state index in [0.717, 1.165) is 22.2 Å². The molecule has 8 heteroatoms. The van der Waals surface area contributed by atoms with Crippen LogP contribution in [-0.4, -0.2) is 31.2 Å². The summed E-state index contributed by atoms with van der Waals surface area (Å²) in [5.74, 6) is -1.27. The lowest BCUT2D eigenvalue weighted by Gasteiger charge is -2.37. The van der Waals surface area contributed by atoms with Crippen molar-refractivity contribution in [2.24, 2.45) is 5.92 Å². The Bertz CT molecular complexity index is 1250. The summed E-state index contributed by atoms with van der Waals surface area (Å²) in [6.45, 7) is 1.45. The van der Waals surface area contributed by atoms with Gasteiger partial charge in [-0.2, -0.15) is 0 Å². The highest BCUT2D eigenvalue weighted by atomic mass is 35.5. The number of carbonyl (C=O) groups is 1. The third-order valence-electron chi connectivity index (χ3n) is 6.20. The summed E-state index contributed by atoms with van der Waals surface area (Å²) in [6, 6.07) is 11.8. The van der Waals surface area contributed by atoms with Crippen LogP contribution in [0.4, 0.5) is 0 Å². The van der Waals surface area contributed by atoms with E-state index in [1.54, 1.807) is 12.1 Å². The largest absolute Gasteiger partial charge is 0.468 e. The number of nitrogens with one attached hydrogen (secondary N) is 1. The van der Waals surface area contributed by atoms with Crippen LogP contribution >= 0.6 is 23.2 Å². The van der Waals surface area contributed by atoms with Gasteiger partial charge in [-0.1, -0.05) is 35.3 Å². The second kappa shape index (κ2) is 7.59. The Morgan fingerprint density at radius 1 is 1.20 bits per heavy atom. The number of hydrogen-bond acceptors (Lipinski definition) is 4. The molecule has 0 amide bonds. The van der Waals surface area contributed by atoms with Crippen LogP contribution in [0.2, 0.25) is 10.0 Å². The third-order valence-corrected chi connectivity index (χ3v) is 9.43. The van der Waals surface area contributed by atoms with Crippen molar-refractivity contribution in [3.8, 4) is 0 Å². The number of sulfone groups is 1. The van der Waals surface area contributed by atoms with E-state index in [0.29, 0.717) is 24.3 Å². The standard InChI is InChI=1S/C22H21Cl2NO4S/c1-22(21(26)29-2,30(27,28)20-6-4-3-5-17(20)24)13-7-9-15-16-12-14(23)8-10-18(16)25-19(15)11-13/h3-6,8,10,12-13,25H,7,9,11H2,1-2H3/t13-,22+/m1/s1. The summed E-state index contributed by atoms with van der Waals surface area (Å²) in [6.07, 6.45) is 1.55. The van der Waals surface area contributed by atoms with Crippen LogP contribution in [0.5, 0.6) is 0 Å². The minimum Gasteiger partial charge on any atom is -0.468 e. The molecule has 0 saturated heterocycles. The lowest BCUT2D eigenvalue weighted by atomic mass is 9.79. The highest BCUT2D eigenvalue weighted by Gasteiger charge is 2.55. The van der Waals surface area contributed by atoms with Crippen molar-refractivity contribution in [2.45, 2.75) is 35.8 Å². The number of fused-ring (bicyclic) bond motifs is 3. The minimum absolute atomic E-state index is 0.0613. The smallest absolute Gasteiger partial charge is 0.327 e. The molecule has 1 aliphatic rings. The van der Waals surface area contributed by atoms with Crippen LogP contribution in [0, 0.1) is 5.92 Å². The number of benzene rings is 2. The molecule has 3 aromatic rings. The number of methoxy groups -OCH3 is 1. The third kappa shape index (κ3) is 3.13. The van der Waals surface area contributed by atoms with E-state index in [1.165, 1.54) is 26.2 Å². The van der Waals surface area contributed by atoms with Crippen LogP contribution in [0.25, 0.3) is 10.9 Å². The minimum atomic E-state index is -4.12. The molecule has 0 saturated carbocycles. The number of esters is 1. The first-order valence-corrected chi connectivity index (χ1v) is 11.8. The second-order valence-electron chi connectivity index (χ2n) is 7.74. The topological polar surface area (TPSA) is 76.2 Å². The molecule has 0 aliphatic heterocycles. The number of carbonyl (C=O) groups excluding carboxylic acids is 1. The summed E-state index contributed by atoms with van der Waals surface area (Å²) >= 11 is 12.4. The van der Waals surface area contributed by atoms with E-state index in [-0.39, 0.29) is 9.92 Å². The van der Waals surface area contributed by atoms with Gasteiger partial charge in [-0.15, -0.1) is 0 Å². The van der Waals surface area contributed by atoms with Crippen LogP contribution in [0.1, 0.15) is 24.6 Å². The molecule has 158 valence electrons. The quantitative estimate of drug-likeness (QED) is 0.550. The maximum atomic E-state index is 13.7. The first-order valence-electron chi connectivity index (χ1n) is 9.56. The average molecular weight is 466 g/mol. The van der Waals surface area contributed by atoms with Gasteiger partial charge in [0.1, 0.15) is 0 Å². The van der Waals surface area contributed by atoms with Crippen LogP contribution in [0.15, 0.2) is 47.4 Å². The molecule has 2 aromatic carbocycles. The molecule has 1 heterocycles. The number of rotatable bonds is 4. The highest BCUT2D eigenvalue weighted by molar-refractivity contribution is 7.93. The fraction of sp³-hybridized carbons (Fsp3) is 0.318. The number of H-pyrrole nitrogens is 1. The highest BCUT2D eigenvalue weighted by Crippen LogP contribution is 2.43. The fourth-order valence-corrected chi connectivity index (χ4v) is 7.06. The van der Waals surface area contributed by atoms with Gasteiger partial charge in [0.25, 0.3) is 0 Å². The van der Waals surface area contributed by atoms with Gasteiger partial charge in [0.05, 0.1) is 17.0 Å². The van der Waals surface area contributed by atoms with Gasteiger partial charge in [-0.05, 0) is 68.0 Å². The Labute approximate surface area is 185 Å². The maximum Gasteiger partial charge on any atom is 0.327 e. The molecule has 0 fully saturated rings. The maximum absolute atomic E-state index is 13.7. The predicted molar refractivity (Wildman–Crippen MR) is 118 cm³/mol. The van der Waals surface area contributed by atoms with Gasteiger partial charge in [0.2, 0.25) is 0 Å². The van der Waals surface area contributed by atoms with Crippen molar-refractivity contribution in [1.82, 2.24) is 4.98 Å². The van der Waals surface area contributed by atoms with Crippen molar-refractivity contribution in [3.05, 3.63) is 63.8 Å². The van der Waals surface area contributed by atoms with Gasteiger partial charge in [-0.25, -0.2) is 8.42 Å². The lowest BCUT2D eigenvalue weighted by molar-refractivity contribution is -0.145. The van der Waals surface area contributed by atoms with Gasteiger partial charge in [0.15, 0.2) is 14.6 Å². The molecule has 0 unspecified atom stereocenters. The predicted octanol–water partition coefficient (Wildman–Crippen LogP) is 4.99. The molecule has 4 rings (SSSR count). The second-order valence-corrected chi connectivity index (χ2v) is 10.9. The van der Waals surface area contributed by atoms with E-state index in [4.69, 9.17) is 27.9 Å². The summed E-state index contributed by atoms with van der Waals surface area (Å²) in [5.41, 5.74) is 2.98. The first-order chi connectivity index (χ1) is 14.2. The van der Waals surface area contributed by atoms with Gasteiger partial charge in [0, 0.05) is 21.6 Å². The van der Waals surface area contributed by atoms with Crippen molar-refractivity contribution < 1.29 is 17.9 Å². The fourth-order valence-electron chi connectivity index (χ4n) is 4.46. The summed E-state index contributed by atoms with van der Waals surface area (Å²) < 4.78 is 30.6. The molecule has 0 bridgehead atoms. The number of aromatic nitrogens is 1. The number of halogens is 2. The summed E-state index contributed by atoms with van der Waals surface area (Å²) in [7, 11) is -2.91. The Morgan fingerprint density at radius 3 is 2.63 bits per heavy atom. The van der Waals surface area contributed by atoms with Crippen molar-refractivity contribution in [1.29, 1.82) is 0 Å². The zero-order valence-corrected chi connectivity index (χ0v) is 18.9. The van der Waals surface area contributed by atoms with Crippen molar-refractivity contribution in [3.63, 3.8) is 0 Å². The number of hydrogen-bond donors (Lipinski definition) is 1. The van der Waals surface area contributed by atoms with Gasteiger partial charge >= 0.3 is 5.97 Å². The summed E-state index contributed by atoms with van der Waals surface area (Å²) in [4.78, 5) is 16.2. The first kappa shape index (κ1) is 21.2. The average Bonchev–Trinajstić information content (AvgIpc) is 3.09. The summed E-state index contributed by atoms with van der Waals surface area (Å²) in [5, 5.41) is 1.76. The zero-order valence-electron chi connectivity index (χ0n) is 16.5. The van der Waals surface area contributed by atoms with E-state index in [2.05, 4.69) is 4.98 Å². The molecular weight excluding hydrogens is 445 g/mol. The molecule has 0 spiro atoms. The normalized spacial score (nSPS) is 18.6. The zero-order chi connectivity index (χ0) is 21.7. The SMILES string of the molecule is COC(=O)[C@](C)([C@@H]1CCc2c([nH]c3ccc(Cl)cc23)C1)S(=O)(=O)c1ccccc1Cl. The Hall–Kier alpha value is -2.02. The molecule has 0 radical (unpaired) electrons. The lowest BCUT2D eigenvalue weighted by Crippen LogP contribution is -2.52. The van der Waals surface area contributed by atoms with E-state index in [1.807, 2.05) is 18.2 Å². The van der Waals surface area contributed by atoms with Gasteiger partial charge < -0.3 is 9.72 Å². The Kier molecular flexibility index (Phi) is 5.37. The van der Waals surface area contributed by atoms with E-state index < -0.39 is 26.5 Å². The van der Waals surface area contributed by atoms with Crippen LogP contribution in [0.3, 0.4) is 0 Å². The van der Waals surface area contributed by atoms with Gasteiger partial charge in [-0.3, -0.25) is 4.79 Å². The molecule has 1 aliphatic carbocycles. The van der Waals surface area contributed by atoms with E-state index >= 15 is 0 Å². The van der Waals surface area contributed by atoms with Crippen LogP contribution < -0.4 is 0 Å².